The van der Waals surface area contributed by atoms with Crippen molar-refractivity contribution in [1.82, 2.24) is 4.98 Å². The summed E-state index contributed by atoms with van der Waals surface area (Å²) in [5.41, 5.74) is 4.58. The predicted octanol–water partition coefficient (Wildman–Crippen LogP) is 4.14. The monoisotopic (exact) mass is 335 g/mol. The second kappa shape index (κ2) is 6.93. The number of aromatic nitrogens is 1. The lowest BCUT2D eigenvalue weighted by Gasteiger charge is -2.13. The number of ketones is 1. The highest BCUT2D eigenvalue weighted by Crippen LogP contribution is 2.19. The number of benzene rings is 2. The van der Waals surface area contributed by atoms with Crippen molar-refractivity contribution in [3.8, 4) is 0 Å². The van der Waals surface area contributed by atoms with Crippen LogP contribution in [0.4, 0.5) is 0 Å². The van der Waals surface area contributed by atoms with Crippen molar-refractivity contribution in [1.29, 1.82) is 0 Å². The highest BCUT2D eigenvalue weighted by atomic mass is 16.5. The number of esters is 1. The number of carbonyl (C=O) groups is 2. The number of aromatic amines is 1. The van der Waals surface area contributed by atoms with E-state index in [0.717, 1.165) is 27.6 Å². The van der Waals surface area contributed by atoms with E-state index in [1.807, 2.05) is 56.4 Å². The first kappa shape index (κ1) is 17.0. The topological polar surface area (TPSA) is 59.2 Å². The predicted molar refractivity (Wildman–Crippen MR) is 97.8 cm³/mol. The summed E-state index contributed by atoms with van der Waals surface area (Å²) in [6, 6.07) is 13.3. The van der Waals surface area contributed by atoms with Crippen LogP contribution >= 0.6 is 0 Å². The van der Waals surface area contributed by atoms with Crippen molar-refractivity contribution < 1.29 is 14.3 Å². The number of hydrogen-bond donors (Lipinski definition) is 1. The highest BCUT2D eigenvalue weighted by Gasteiger charge is 2.20. The summed E-state index contributed by atoms with van der Waals surface area (Å²) >= 11 is 0. The van der Waals surface area contributed by atoms with E-state index in [9.17, 15) is 9.59 Å². The van der Waals surface area contributed by atoms with Gasteiger partial charge in [0.05, 0.1) is 6.42 Å². The van der Waals surface area contributed by atoms with Crippen molar-refractivity contribution in [2.75, 3.05) is 0 Å². The van der Waals surface area contributed by atoms with E-state index in [1.54, 1.807) is 13.0 Å². The van der Waals surface area contributed by atoms with E-state index in [0.29, 0.717) is 5.56 Å². The van der Waals surface area contributed by atoms with Crippen LogP contribution in [-0.4, -0.2) is 22.8 Å². The average Bonchev–Trinajstić information content (AvgIpc) is 2.99. The maximum Gasteiger partial charge on any atom is 0.311 e. The van der Waals surface area contributed by atoms with E-state index < -0.39 is 12.1 Å². The molecule has 1 aromatic heterocycles. The number of fused-ring (bicyclic) bond motifs is 1. The van der Waals surface area contributed by atoms with Crippen molar-refractivity contribution in [3.05, 3.63) is 70.9 Å². The molecule has 3 rings (SSSR count). The van der Waals surface area contributed by atoms with Gasteiger partial charge in [-0.1, -0.05) is 30.3 Å². The molecule has 0 aliphatic rings. The quantitative estimate of drug-likeness (QED) is 0.563. The van der Waals surface area contributed by atoms with E-state index in [2.05, 4.69) is 4.98 Å². The van der Waals surface area contributed by atoms with Crippen LogP contribution in [0.2, 0.25) is 0 Å². The number of Topliss-reactive ketones (excluding diaryl/α,β-unsaturated/α-hetero) is 1. The van der Waals surface area contributed by atoms with E-state index in [4.69, 9.17) is 4.74 Å². The van der Waals surface area contributed by atoms with Gasteiger partial charge < -0.3 is 9.72 Å². The fourth-order valence-electron chi connectivity index (χ4n) is 2.86. The van der Waals surface area contributed by atoms with Crippen LogP contribution in [0.25, 0.3) is 10.9 Å². The molecule has 0 amide bonds. The van der Waals surface area contributed by atoms with Crippen molar-refractivity contribution in [3.63, 3.8) is 0 Å². The zero-order chi connectivity index (χ0) is 18.0. The maximum absolute atomic E-state index is 12.5. The van der Waals surface area contributed by atoms with Gasteiger partial charge in [0.25, 0.3) is 0 Å². The van der Waals surface area contributed by atoms with Crippen LogP contribution in [0.3, 0.4) is 0 Å². The number of para-hydroxylation sites is 1. The molecule has 0 fully saturated rings. The summed E-state index contributed by atoms with van der Waals surface area (Å²) in [7, 11) is 0. The number of aryl methyl sites for hydroxylation is 2. The molecule has 3 aromatic rings. The zero-order valence-corrected chi connectivity index (χ0v) is 14.6. The maximum atomic E-state index is 12.5. The number of ether oxygens (including phenoxy) is 1. The minimum atomic E-state index is -0.806. The molecule has 4 nitrogen and oxygen atoms in total. The molecule has 0 saturated heterocycles. The molecular formula is C21H21NO3. The molecule has 0 aliphatic carbocycles. The van der Waals surface area contributed by atoms with Gasteiger partial charge in [0.15, 0.2) is 6.10 Å². The molecule has 0 radical (unpaired) electrons. The molecule has 1 N–H and O–H groups in total. The second-order valence-corrected chi connectivity index (χ2v) is 6.33. The molecule has 0 bridgehead atoms. The molecule has 1 atom stereocenters. The van der Waals surface area contributed by atoms with Gasteiger partial charge in [-0.2, -0.15) is 0 Å². The zero-order valence-electron chi connectivity index (χ0n) is 14.6. The van der Waals surface area contributed by atoms with Crippen LogP contribution in [0, 0.1) is 13.8 Å². The SMILES string of the molecule is Cc1ccc(C(=O)[C@@H](C)OC(=O)Cc2c[nH]c3ccccc23)cc1C. The fourth-order valence-corrected chi connectivity index (χ4v) is 2.86. The van der Waals surface area contributed by atoms with Gasteiger partial charge in [0.2, 0.25) is 5.78 Å². The van der Waals surface area contributed by atoms with Crippen molar-refractivity contribution in [2.45, 2.75) is 33.3 Å². The molecule has 0 spiro atoms. The van der Waals surface area contributed by atoms with Crippen LogP contribution in [0.5, 0.6) is 0 Å². The molecular weight excluding hydrogens is 314 g/mol. The molecule has 0 unspecified atom stereocenters. The summed E-state index contributed by atoms with van der Waals surface area (Å²) in [4.78, 5) is 27.8. The number of H-pyrrole nitrogens is 1. The van der Waals surface area contributed by atoms with Crippen LogP contribution in [0.1, 0.15) is 34.0 Å². The Kier molecular flexibility index (Phi) is 4.70. The first-order chi connectivity index (χ1) is 12.0. The summed E-state index contributed by atoms with van der Waals surface area (Å²) in [5, 5.41) is 0.993. The first-order valence-corrected chi connectivity index (χ1v) is 8.31. The van der Waals surface area contributed by atoms with E-state index >= 15 is 0 Å². The third-order valence-corrected chi connectivity index (χ3v) is 4.48. The van der Waals surface area contributed by atoms with Crippen LogP contribution < -0.4 is 0 Å². The lowest BCUT2D eigenvalue weighted by Crippen LogP contribution is -2.25. The Morgan fingerprint density at radius 1 is 1.08 bits per heavy atom. The minimum Gasteiger partial charge on any atom is -0.454 e. The third-order valence-electron chi connectivity index (χ3n) is 4.48. The fraction of sp³-hybridized carbons (Fsp3) is 0.238. The van der Waals surface area contributed by atoms with Gasteiger partial charge in [0, 0.05) is 22.7 Å². The number of nitrogens with one attached hydrogen (secondary N) is 1. The van der Waals surface area contributed by atoms with Gasteiger partial charge in [-0.3, -0.25) is 9.59 Å². The number of hydrogen-bond acceptors (Lipinski definition) is 3. The van der Waals surface area contributed by atoms with Gasteiger partial charge in [-0.15, -0.1) is 0 Å². The normalized spacial score (nSPS) is 12.1. The smallest absolute Gasteiger partial charge is 0.311 e. The largest absolute Gasteiger partial charge is 0.454 e. The van der Waals surface area contributed by atoms with Gasteiger partial charge in [0.1, 0.15) is 0 Å². The Bertz CT molecular complexity index is 939. The molecule has 25 heavy (non-hydrogen) atoms. The minimum absolute atomic E-state index is 0.133. The van der Waals surface area contributed by atoms with E-state index in [1.165, 1.54) is 0 Å². The first-order valence-electron chi connectivity index (χ1n) is 8.31. The molecule has 1 heterocycles. The van der Waals surface area contributed by atoms with Crippen LogP contribution in [0.15, 0.2) is 48.7 Å². The second-order valence-electron chi connectivity index (χ2n) is 6.33. The number of carbonyl (C=O) groups excluding carboxylic acids is 2. The summed E-state index contributed by atoms with van der Waals surface area (Å²) in [6.45, 7) is 5.57. The van der Waals surface area contributed by atoms with Gasteiger partial charge in [-0.25, -0.2) is 0 Å². The molecule has 0 saturated carbocycles. The Balaban J connectivity index is 1.67. The lowest BCUT2D eigenvalue weighted by atomic mass is 10.0. The molecule has 4 heteroatoms. The Morgan fingerprint density at radius 2 is 1.84 bits per heavy atom. The molecule has 2 aromatic carbocycles. The Hall–Kier alpha value is -2.88. The summed E-state index contributed by atoms with van der Waals surface area (Å²) < 4.78 is 5.36. The van der Waals surface area contributed by atoms with Gasteiger partial charge >= 0.3 is 5.97 Å². The molecule has 0 aliphatic heterocycles. The summed E-state index contributed by atoms with van der Waals surface area (Å²) in [5.74, 6) is -0.593. The standard InChI is InChI=1S/C21H21NO3/c1-13-8-9-16(10-14(13)2)21(24)15(3)25-20(23)11-17-12-22-19-7-5-4-6-18(17)19/h4-10,12,15,22H,11H2,1-3H3/t15-/m1/s1. The summed E-state index contributed by atoms with van der Waals surface area (Å²) in [6.07, 6.45) is 1.14. The highest BCUT2D eigenvalue weighted by molar-refractivity contribution is 6.00. The Labute approximate surface area is 146 Å². The molecule has 128 valence electrons. The number of rotatable bonds is 5. The van der Waals surface area contributed by atoms with Gasteiger partial charge in [-0.05, 0) is 49.6 Å². The Morgan fingerprint density at radius 3 is 2.60 bits per heavy atom. The van der Waals surface area contributed by atoms with Crippen LogP contribution in [-0.2, 0) is 16.0 Å². The van der Waals surface area contributed by atoms with Crippen molar-refractivity contribution in [2.24, 2.45) is 0 Å². The average molecular weight is 335 g/mol. The lowest BCUT2D eigenvalue weighted by molar-refractivity contribution is -0.145. The third kappa shape index (κ3) is 3.63. The van der Waals surface area contributed by atoms with E-state index in [-0.39, 0.29) is 12.2 Å². The van der Waals surface area contributed by atoms with Crippen molar-refractivity contribution >= 4 is 22.7 Å².